The zero-order valence-electron chi connectivity index (χ0n) is 10.0. The van der Waals surface area contributed by atoms with Gasteiger partial charge in [-0.25, -0.2) is 9.59 Å². The van der Waals surface area contributed by atoms with Gasteiger partial charge in [0.25, 0.3) is 0 Å². The normalized spacial score (nSPS) is 11.9. The topological polar surface area (TPSA) is 122 Å². The molecule has 0 aliphatic rings. The molecule has 0 aromatic carbocycles. The highest BCUT2D eigenvalue weighted by molar-refractivity contribution is 5.82. The van der Waals surface area contributed by atoms with E-state index in [2.05, 4.69) is 10.6 Å². The molecule has 0 bridgehead atoms. The Morgan fingerprint density at radius 2 is 1.88 bits per heavy atom. The summed E-state index contributed by atoms with van der Waals surface area (Å²) in [7, 11) is 0. The average molecular weight is 245 g/mol. The Labute approximate surface area is 99.7 Å². The predicted octanol–water partition coefficient (Wildman–Crippen LogP) is -0.340. The number of rotatable bonds is 7. The molecule has 0 saturated carbocycles. The zero-order valence-corrected chi connectivity index (χ0v) is 10.0. The Morgan fingerprint density at radius 1 is 1.29 bits per heavy atom. The van der Waals surface area contributed by atoms with Gasteiger partial charge < -0.3 is 21.5 Å². The lowest BCUT2D eigenvalue weighted by molar-refractivity contribution is -0.140. The van der Waals surface area contributed by atoms with E-state index in [1.165, 1.54) is 0 Å². The predicted molar refractivity (Wildman–Crippen MR) is 61.2 cm³/mol. The van der Waals surface area contributed by atoms with E-state index in [-0.39, 0.29) is 18.9 Å². The van der Waals surface area contributed by atoms with Gasteiger partial charge in [0, 0.05) is 13.0 Å². The number of urea groups is 1. The summed E-state index contributed by atoms with van der Waals surface area (Å²) in [6.07, 6.45) is 0.620. The molecule has 1 atom stereocenters. The molecule has 7 nitrogen and oxygen atoms in total. The van der Waals surface area contributed by atoms with Crippen LogP contribution < -0.4 is 16.4 Å². The number of carbonyl (C=O) groups is 3. The van der Waals surface area contributed by atoms with Crippen LogP contribution in [-0.2, 0) is 9.59 Å². The van der Waals surface area contributed by atoms with Crippen LogP contribution in [0.5, 0.6) is 0 Å². The Bertz CT molecular complexity index is 291. The summed E-state index contributed by atoms with van der Waals surface area (Å²) in [5.74, 6) is -1.71. The van der Waals surface area contributed by atoms with Gasteiger partial charge in [0.05, 0.1) is 0 Å². The van der Waals surface area contributed by atoms with Crippen LogP contribution in [0.15, 0.2) is 0 Å². The summed E-state index contributed by atoms with van der Waals surface area (Å²) < 4.78 is 0. The number of carboxylic acid groups (broad SMARTS) is 1. The Kier molecular flexibility index (Phi) is 6.69. The number of primary amides is 1. The number of aliphatic carboxylic acids is 1. The molecule has 0 unspecified atom stereocenters. The van der Waals surface area contributed by atoms with Gasteiger partial charge >= 0.3 is 12.0 Å². The fraction of sp³-hybridized carbons (Fsp3) is 0.700. The SMILES string of the molecule is CC(C)[C@@H](NC(=O)NCCCC(N)=O)C(=O)O. The minimum atomic E-state index is -1.08. The second kappa shape index (κ2) is 7.48. The summed E-state index contributed by atoms with van der Waals surface area (Å²) in [4.78, 5) is 32.5. The lowest BCUT2D eigenvalue weighted by Crippen LogP contribution is -2.48. The smallest absolute Gasteiger partial charge is 0.326 e. The minimum absolute atomic E-state index is 0.187. The first-order chi connectivity index (χ1) is 7.84. The molecule has 0 fully saturated rings. The van der Waals surface area contributed by atoms with Crippen LogP contribution in [0, 0.1) is 5.92 Å². The third kappa shape index (κ3) is 7.15. The fourth-order valence-electron chi connectivity index (χ4n) is 1.17. The summed E-state index contributed by atoms with van der Waals surface area (Å²) in [5.41, 5.74) is 4.92. The number of carboxylic acids is 1. The summed E-state index contributed by atoms with van der Waals surface area (Å²) in [6.45, 7) is 3.68. The maximum Gasteiger partial charge on any atom is 0.326 e. The number of hydrogen-bond acceptors (Lipinski definition) is 3. The fourth-order valence-corrected chi connectivity index (χ4v) is 1.17. The Hall–Kier alpha value is -1.79. The van der Waals surface area contributed by atoms with Crippen molar-refractivity contribution in [2.45, 2.75) is 32.7 Å². The lowest BCUT2D eigenvalue weighted by Gasteiger charge is -2.18. The second-order valence-electron chi connectivity index (χ2n) is 4.03. The van der Waals surface area contributed by atoms with Crippen molar-refractivity contribution in [3.8, 4) is 0 Å². The zero-order chi connectivity index (χ0) is 13.4. The quantitative estimate of drug-likeness (QED) is 0.458. The number of amides is 3. The highest BCUT2D eigenvalue weighted by Gasteiger charge is 2.22. The highest BCUT2D eigenvalue weighted by Crippen LogP contribution is 2.01. The number of carbonyl (C=O) groups excluding carboxylic acids is 2. The third-order valence-electron chi connectivity index (χ3n) is 2.10. The van der Waals surface area contributed by atoms with Crippen molar-refractivity contribution in [1.29, 1.82) is 0 Å². The van der Waals surface area contributed by atoms with Crippen LogP contribution in [0.4, 0.5) is 4.79 Å². The molecule has 0 aromatic rings. The largest absolute Gasteiger partial charge is 0.480 e. The van der Waals surface area contributed by atoms with Gasteiger partial charge in [-0.1, -0.05) is 13.8 Å². The van der Waals surface area contributed by atoms with Crippen LogP contribution in [0.25, 0.3) is 0 Å². The van der Waals surface area contributed by atoms with Crippen molar-refractivity contribution < 1.29 is 19.5 Å². The highest BCUT2D eigenvalue weighted by atomic mass is 16.4. The molecular weight excluding hydrogens is 226 g/mol. The van der Waals surface area contributed by atoms with Crippen molar-refractivity contribution in [2.75, 3.05) is 6.54 Å². The average Bonchev–Trinajstić information content (AvgIpc) is 2.19. The number of nitrogens with one attached hydrogen (secondary N) is 2. The molecule has 7 heteroatoms. The van der Waals surface area contributed by atoms with E-state index >= 15 is 0 Å². The van der Waals surface area contributed by atoms with Crippen molar-refractivity contribution in [2.24, 2.45) is 11.7 Å². The molecule has 0 aliphatic heterocycles. The molecule has 0 aromatic heterocycles. The second-order valence-corrected chi connectivity index (χ2v) is 4.03. The molecule has 0 radical (unpaired) electrons. The molecule has 0 saturated heterocycles. The van der Waals surface area contributed by atoms with E-state index in [1.807, 2.05) is 0 Å². The van der Waals surface area contributed by atoms with E-state index < -0.39 is 23.9 Å². The van der Waals surface area contributed by atoms with E-state index in [9.17, 15) is 14.4 Å². The van der Waals surface area contributed by atoms with Crippen molar-refractivity contribution in [1.82, 2.24) is 10.6 Å². The molecule has 0 heterocycles. The van der Waals surface area contributed by atoms with E-state index in [4.69, 9.17) is 10.8 Å². The number of hydrogen-bond donors (Lipinski definition) is 4. The number of nitrogens with two attached hydrogens (primary N) is 1. The van der Waals surface area contributed by atoms with Crippen LogP contribution in [0.1, 0.15) is 26.7 Å². The van der Waals surface area contributed by atoms with E-state index in [0.29, 0.717) is 6.42 Å². The van der Waals surface area contributed by atoms with Crippen molar-refractivity contribution >= 4 is 17.9 Å². The van der Waals surface area contributed by atoms with Gasteiger partial charge in [-0.2, -0.15) is 0 Å². The van der Waals surface area contributed by atoms with Crippen molar-refractivity contribution in [3.63, 3.8) is 0 Å². The van der Waals surface area contributed by atoms with E-state index in [0.717, 1.165) is 0 Å². The van der Waals surface area contributed by atoms with Gasteiger partial charge in [-0.15, -0.1) is 0 Å². The molecule has 5 N–H and O–H groups in total. The first-order valence-corrected chi connectivity index (χ1v) is 5.40. The molecule has 98 valence electrons. The van der Waals surface area contributed by atoms with Gasteiger partial charge in [-0.05, 0) is 12.3 Å². The molecule has 0 rings (SSSR count). The van der Waals surface area contributed by atoms with Gasteiger partial charge in [0.2, 0.25) is 5.91 Å². The van der Waals surface area contributed by atoms with Crippen LogP contribution >= 0.6 is 0 Å². The summed E-state index contributed by atoms with van der Waals surface area (Å²) >= 11 is 0. The lowest BCUT2D eigenvalue weighted by atomic mass is 10.1. The summed E-state index contributed by atoms with van der Waals surface area (Å²) in [5, 5.41) is 13.6. The van der Waals surface area contributed by atoms with Gasteiger partial charge in [0.15, 0.2) is 0 Å². The maximum absolute atomic E-state index is 11.3. The Balaban J connectivity index is 3.91. The van der Waals surface area contributed by atoms with Crippen LogP contribution in [0.3, 0.4) is 0 Å². The standard InChI is InChI=1S/C10H19N3O4/c1-6(2)8(9(15)16)13-10(17)12-5-3-4-7(11)14/h6,8H,3-5H2,1-2H3,(H2,11,14)(H,15,16)(H2,12,13,17)/t8-/m1/s1. The summed E-state index contributed by atoms with van der Waals surface area (Å²) in [6, 6.07) is -1.48. The Morgan fingerprint density at radius 3 is 2.29 bits per heavy atom. The first kappa shape index (κ1) is 15.2. The minimum Gasteiger partial charge on any atom is -0.480 e. The molecule has 3 amide bonds. The molecular formula is C10H19N3O4. The first-order valence-electron chi connectivity index (χ1n) is 5.40. The monoisotopic (exact) mass is 245 g/mol. The van der Waals surface area contributed by atoms with E-state index in [1.54, 1.807) is 13.8 Å². The molecule has 17 heavy (non-hydrogen) atoms. The van der Waals surface area contributed by atoms with Crippen LogP contribution in [-0.4, -0.2) is 35.6 Å². The van der Waals surface area contributed by atoms with Gasteiger partial charge in [-0.3, -0.25) is 4.79 Å². The van der Waals surface area contributed by atoms with Crippen LogP contribution in [0.2, 0.25) is 0 Å². The van der Waals surface area contributed by atoms with Gasteiger partial charge in [0.1, 0.15) is 6.04 Å². The molecule has 0 spiro atoms. The third-order valence-corrected chi connectivity index (χ3v) is 2.10. The van der Waals surface area contributed by atoms with Crippen molar-refractivity contribution in [3.05, 3.63) is 0 Å². The molecule has 0 aliphatic carbocycles. The maximum atomic E-state index is 11.3.